The Hall–Kier alpha value is -1.83. The van der Waals surface area contributed by atoms with E-state index in [2.05, 4.69) is 36.9 Å². The third kappa shape index (κ3) is 3.12. The third-order valence-electron chi connectivity index (χ3n) is 4.80. The van der Waals surface area contributed by atoms with Crippen LogP contribution in [0.1, 0.15) is 18.9 Å². The largest absolute Gasteiger partial charge is 0.356 e. The van der Waals surface area contributed by atoms with E-state index in [0.29, 0.717) is 22.5 Å². The van der Waals surface area contributed by atoms with Crippen LogP contribution in [0.25, 0.3) is 10.9 Å². The number of hydrogen-bond acceptors (Lipinski definition) is 4. The Labute approximate surface area is 142 Å². The van der Waals surface area contributed by atoms with Gasteiger partial charge in [0.1, 0.15) is 5.82 Å². The molecule has 4 nitrogen and oxygen atoms in total. The van der Waals surface area contributed by atoms with E-state index in [1.54, 1.807) is 0 Å². The van der Waals surface area contributed by atoms with Gasteiger partial charge in [0.05, 0.1) is 17.1 Å². The maximum atomic E-state index is 9.48. The molecule has 2 unspecified atom stereocenters. The van der Waals surface area contributed by atoms with Crippen molar-refractivity contribution in [3.8, 4) is 6.07 Å². The van der Waals surface area contributed by atoms with Gasteiger partial charge in [-0.2, -0.15) is 5.26 Å². The van der Waals surface area contributed by atoms with Crippen LogP contribution in [0, 0.1) is 17.2 Å². The van der Waals surface area contributed by atoms with Crippen molar-refractivity contribution in [1.82, 2.24) is 9.88 Å². The van der Waals surface area contributed by atoms with Crippen LogP contribution in [0.2, 0.25) is 5.02 Å². The van der Waals surface area contributed by atoms with E-state index in [1.165, 1.54) is 0 Å². The first-order valence-corrected chi connectivity index (χ1v) is 8.29. The molecule has 120 valence electrons. The maximum absolute atomic E-state index is 9.48. The van der Waals surface area contributed by atoms with Gasteiger partial charge in [-0.3, -0.25) is 0 Å². The van der Waals surface area contributed by atoms with E-state index in [4.69, 9.17) is 16.6 Å². The number of pyridine rings is 1. The van der Waals surface area contributed by atoms with Gasteiger partial charge in [-0.1, -0.05) is 18.5 Å². The van der Waals surface area contributed by atoms with Crippen LogP contribution in [0.5, 0.6) is 0 Å². The summed E-state index contributed by atoms with van der Waals surface area (Å²) < 4.78 is 0. The average Bonchev–Trinajstić information content (AvgIpc) is 2.53. The van der Waals surface area contributed by atoms with E-state index in [0.717, 1.165) is 36.2 Å². The standard InChI is InChI=1S/C18H21ClN4/c1-12-11-22(2)7-6-17(12)23(3)18-8-13(10-20)15-9-14(19)4-5-16(15)21-18/h4-5,8-9,12,17H,6-7,11H2,1-3H3. The van der Waals surface area contributed by atoms with Crippen LogP contribution in [0.4, 0.5) is 5.82 Å². The number of anilines is 1. The summed E-state index contributed by atoms with van der Waals surface area (Å²) in [5.41, 5.74) is 1.44. The quantitative estimate of drug-likeness (QED) is 0.845. The highest BCUT2D eigenvalue weighted by Crippen LogP contribution is 2.29. The molecule has 1 aromatic carbocycles. The molecule has 0 saturated carbocycles. The van der Waals surface area contributed by atoms with Crippen LogP contribution >= 0.6 is 11.6 Å². The zero-order chi connectivity index (χ0) is 16.6. The fraction of sp³-hybridized carbons (Fsp3) is 0.444. The summed E-state index contributed by atoms with van der Waals surface area (Å²) in [6.45, 7) is 4.46. The number of nitrogens with zero attached hydrogens (tertiary/aromatic N) is 4. The monoisotopic (exact) mass is 328 g/mol. The fourth-order valence-electron chi connectivity index (χ4n) is 3.54. The molecule has 0 N–H and O–H groups in total. The smallest absolute Gasteiger partial charge is 0.130 e. The molecule has 3 rings (SSSR count). The number of aromatic nitrogens is 1. The number of piperidine rings is 1. The summed E-state index contributed by atoms with van der Waals surface area (Å²) in [7, 11) is 4.25. The summed E-state index contributed by atoms with van der Waals surface area (Å²) in [5, 5.41) is 10.9. The predicted molar refractivity (Wildman–Crippen MR) is 94.9 cm³/mol. The van der Waals surface area contributed by atoms with Crippen LogP contribution in [-0.2, 0) is 0 Å². The lowest BCUT2D eigenvalue weighted by atomic mass is 9.93. The average molecular weight is 329 g/mol. The van der Waals surface area contributed by atoms with Gasteiger partial charge in [0.2, 0.25) is 0 Å². The molecule has 1 aromatic heterocycles. The molecular formula is C18H21ClN4. The molecule has 0 radical (unpaired) electrons. The van der Waals surface area contributed by atoms with E-state index in [9.17, 15) is 5.26 Å². The summed E-state index contributed by atoms with van der Waals surface area (Å²) >= 11 is 6.05. The minimum absolute atomic E-state index is 0.440. The van der Waals surface area contributed by atoms with Crippen LogP contribution in [0.15, 0.2) is 24.3 Å². The van der Waals surface area contributed by atoms with Crippen LogP contribution in [-0.4, -0.2) is 43.1 Å². The number of fused-ring (bicyclic) bond motifs is 1. The van der Waals surface area contributed by atoms with Gasteiger partial charge in [-0.05, 0) is 50.2 Å². The molecule has 23 heavy (non-hydrogen) atoms. The first-order valence-electron chi connectivity index (χ1n) is 7.91. The maximum Gasteiger partial charge on any atom is 0.130 e. The molecule has 5 heteroatoms. The number of benzene rings is 1. The molecule has 0 spiro atoms. The second-order valence-electron chi connectivity index (χ2n) is 6.51. The fourth-order valence-corrected chi connectivity index (χ4v) is 3.72. The first kappa shape index (κ1) is 16.0. The number of rotatable bonds is 2. The Kier molecular flexibility index (Phi) is 4.43. The number of halogens is 1. The van der Waals surface area contributed by atoms with E-state index < -0.39 is 0 Å². The Morgan fingerprint density at radius 1 is 1.39 bits per heavy atom. The summed E-state index contributed by atoms with van der Waals surface area (Å²) in [6, 6.07) is 10.1. The number of likely N-dealkylation sites (tertiary alicyclic amines) is 1. The van der Waals surface area contributed by atoms with Gasteiger partial charge in [0, 0.05) is 30.0 Å². The first-order chi connectivity index (χ1) is 11.0. The number of hydrogen-bond donors (Lipinski definition) is 0. The van der Waals surface area contributed by atoms with Crippen LogP contribution < -0.4 is 4.90 Å². The van der Waals surface area contributed by atoms with Gasteiger partial charge >= 0.3 is 0 Å². The van der Waals surface area contributed by atoms with Gasteiger partial charge in [-0.25, -0.2) is 4.98 Å². The van der Waals surface area contributed by atoms with Gasteiger partial charge in [0.25, 0.3) is 0 Å². The lowest BCUT2D eigenvalue weighted by Gasteiger charge is -2.40. The van der Waals surface area contributed by atoms with Gasteiger partial charge in [0.15, 0.2) is 0 Å². The lowest BCUT2D eigenvalue weighted by Crippen LogP contribution is -2.48. The molecule has 1 saturated heterocycles. The Balaban J connectivity index is 1.99. The Morgan fingerprint density at radius 3 is 2.87 bits per heavy atom. The minimum Gasteiger partial charge on any atom is -0.356 e. The third-order valence-corrected chi connectivity index (χ3v) is 5.03. The van der Waals surface area contributed by atoms with Crippen molar-refractivity contribution in [2.24, 2.45) is 5.92 Å². The topological polar surface area (TPSA) is 43.2 Å². The molecule has 1 aliphatic heterocycles. The van der Waals surface area contributed by atoms with Crippen molar-refractivity contribution in [2.45, 2.75) is 19.4 Å². The van der Waals surface area contributed by atoms with E-state index in [-0.39, 0.29) is 0 Å². The highest BCUT2D eigenvalue weighted by Gasteiger charge is 2.28. The molecular weight excluding hydrogens is 308 g/mol. The van der Waals surface area contributed by atoms with Crippen LogP contribution in [0.3, 0.4) is 0 Å². The molecule has 0 aliphatic carbocycles. The molecule has 2 aromatic rings. The summed E-state index contributed by atoms with van der Waals surface area (Å²) in [5.74, 6) is 1.42. The van der Waals surface area contributed by atoms with Crippen molar-refractivity contribution in [2.75, 3.05) is 32.1 Å². The highest BCUT2D eigenvalue weighted by molar-refractivity contribution is 6.31. The zero-order valence-corrected chi connectivity index (χ0v) is 14.5. The number of nitriles is 1. The lowest BCUT2D eigenvalue weighted by molar-refractivity contribution is 0.193. The van der Waals surface area contributed by atoms with E-state index in [1.807, 2.05) is 24.3 Å². The molecule has 1 aliphatic rings. The van der Waals surface area contributed by atoms with Crippen molar-refractivity contribution >= 4 is 28.3 Å². The van der Waals surface area contributed by atoms with Crippen molar-refractivity contribution in [1.29, 1.82) is 5.26 Å². The highest BCUT2D eigenvalue weighted by atomic mass is 35.5. The van der Waals surface area contributed by atoms with Crippen molar-refractivity contribution in [3.63, 3.8) is 0 Å². The summed E-state index contributed by atoms with van der Waals surface area (Å²) in [4.78, 5) is 9.35. The van der Waals surface area contributed by atoms with Gasteiger partial charge < -0.3 is 9.80 Å². The minimum atomic E-state index is 0.440. The normalized spacial score (nSPS) is 22.0. The van der Waals surface area contributed by atoms with E-state index >= 15 is 0 Å². The molecule has 0 amide bonds. The second kappa shape index (κ2) is 6.35. The van der Waals surface area contributed by atoms with Gasteiger partial charge in [-0.15, -0.1) is 0 Å². The predicted octanol–water partition coefficient (Wildman–Crippen LogP) is 3.54. The molecule has 2 atom stereocenters. The summed E-state index contributed by atoms with van der Waals surface area (Å²) in [6.07, 6.45) is 1.11. The molecule has 0 bridgehead atoms. The van der Waals surface area contributed by atoms with Crippen molar-refractivity contribution in [3.05, 3.63) is 34.9 Å². The SMILES string of the molecule is CC1CN(C)CCC1N(C)c1cc(C#N)c2cc(Cl)ccc2n1. The second-order valence-corrected chi connectivity index (χ2v) is 6.94. The Morgan fingerprint density at radius 2 is 2.17 bits per heavy atom. The van der Waals surface area contributed by atoms with Crippen molar-refractivity contribution < 1.29 is 0 Å². The zero-order valence-electron chi connectivity index (χ0n) is 13.8. The molecule has 1 fully saturated rings. The Bertz CT molecular complexity index is 767. The molecule has 2 heterocycles.